The second-order valence-corrected chi connectivity index (χ2v) is 18.2. The van der Waals surface area contributed by atoms with Gasteiger partial charge in [0.15, 0.2) is 0 Å². The Morgan fingerprint density at radius 2 is 1.00 bits per heavy atom. The average molecular weight is 890 g/mol. The third-order valence-corrected chi connectivity index (χ3v) is 11.3. The maximum Gasteiger partial charge on any atom is 0.407 e. The van der Waals surface area contributed by atoms with Crippen LogP contribution in [-0.4, -0.2) is 120 Å². The molecule has 2 heterocycles. The predicted molar refractivity (Wildman–Crippen MR) is 236 cm³/mol. The number of methoxy groups -OCH3 is 2. The maximum atomic E-state index is 14.0. The van der Waals surface area contributed by atoms with Gasteiger partial charge < -0.3 is 55.7 Å². The number of hydrogen-bond donors (Lipinski definition) is 6. The molecule has 3 aromatic carbocycles. The van der Waals surface area contributed by atoms with Gasteiger partial charge in [-0.25, -0.2) is 14.0 Å². The molecule has 17 nitrogen and oxygen atoms in total. The van der Waals surface area contributed by atoms with Gasteiger partial charge in [0, 0.05) is 43.2 Å². The molecule has 6 amide bonds. The number of halogens is 1. The highest BCUT2D eigenvalue weighted by atomic mass is 19.1. The molecule has 2 fully saturated rings. The van der Waals surface area contributed by atoms with Gasteiger partial charge in [-0.05, 0) is 83.3 Å². The van der Waals surface area contributed by atoms with Gasteiger partial charge in [0.25, 0.3) is 0 Å². The van der Waals surface area contributed by atoms with Crippen LogP contribution in [0, 0.1) is 16.6 Å². The van der Waals surface area contributed by atoms with Crippen molar-refractivity contribution in [3.8, 4) is 0 Å². The van der Waals surface area contributed by atoms with Crippen molar-refractivity contribution in [2.45, 2.75) is 104 Å². The first-order valence-electron chi connectivity index (χ1n) is 21.1. The van der Waals surface area contributed by atoms with Gasteiger partial charge in [-0.2, -0.15) is 0 Å². The lowest BCUT2D eigenvalue weighted by atomic mass is 9.85. The van der Waals surface area contributed by atoms with Crippen LogP contribution in [0.1, 0.15) is 65.5 Å². The molecule has 6 atom stereocenters. The van der Waals surface area contributed by atoms with E-state index in [4.69, 9.17) is 9.47 Å². The van der Waals surface area contributed by atoms with Crippen LogP contribution in [0.5, 0.6) is 0 Å². The number of carbonyl (C=O) groups is 6. The van der Waals surface area contributed by atoms with Crippen molar-refractivity contribution in [3.63, 3.8) is 0 Å². The zero-order chi connectivity index (χ0) is 47.1. The number of nitrogens with zero attached hydrogens (tertiary/aromatic N) is 3. The van der Waals surface area contributed by atoms with Crippen molar-refractivity contribution in [1.29, 1.82) is 0 Å². The number of amides is 6. The number of aliphatic hydroxyl groups is 2. The first-order valence-corrected chi connectivity index (χ1v) is 21.1. The Bertz CT molecular complexity index is 2010. The zero-order valence-corrected chi connectivity index (χ0v) is 37.5. The topological polar surface area (TPSA) is 219 Å². The number of anilines is 3. The summed E-state index contributed by atoms with van der Waals surface area (Å²) in [4.78, 5) is 83.3. The van der Waals surface area contributed by atoms with Gasteiger partial charge in [-0.15, -0.1) is 0 Å². The molecular weight excluding hydrogens is 830 g/mol. The summed E-state index contributed by atoms with van der Waals surface area (Å²) in [6.45, 7) is 11.6. The fourth-order valence-electron chi connectivity index (χ4n) is 7.81. The monoisotopic (exact) mass is 889 g/mol. The smallest absolute Gasteiger partial charge is 0.407 e. The van der Waals surface area contributed by atoms with Crippen molar-refractivity contribution in [2.24, 2.45) is 10.8 Å². The summed E-state index contributed by atoms with van der Waals surface area (Å²) in [6, 6.07) is 15.7. The molecule has 18 heteroatoms. The Morgan fingerprint density at radius 3 is 1.33 bits per heavy atom. The number of hydrogen-bond acceptors (Lipinski definition) is 11. The first kappa shape index (κ1) is 48.8. The minimum Gasteiger partial charge on any atom is -0.453 e. The third kappa shape index (κ3) is 12.0. The lowest BCUT2D eigenvalue weighted by molar-refractivity contribution is -0.142. The van der Waals surface area contributed by atoms with Crippen molar-refractivity contribution >= 4 is 52.9 Å². The molecule has 2 saturated heterocycles. The highest BCUT2D eigenvalue weighted by Crippen LogP contribution is 2.30. The number of likely N-dealkylation sites (tertiary alicyclic amines) is 2. The molecule has 0 aromatic heterocycles. The maximum absolute atomic E-state index is 14.0. The molecule has 6 N–H and O–H groups in total. The lowest BCUT2D eigenvalue weighted by Gasteiger charge is -2.35. The lowest BCUT2D eigenvalue weighted by Crippen LogP contribution is -2.58. The van der Waals surface area contributed by atoms with E-state index in [1.807, 2.05) is 29.2 Å². The molecular formula is C46H60FN7O10. The second-order valence-electron chi connectivity index (χ2n) is 18.2. The molecule has 2 aliphatic heterocycles. The van der Waals surface area contributed by atoms with Crippen LogP contribution in [0.4, 0.5) is 31.0 Å². The Hall–Kier alpha value is -6.27. The molecule has 5 rings (SSSR count). The Kier molecular flexibility index (Phi) is 15.6. The van der Waals surface area contributed by atoms with Crippen LogP contribution in [0.3, 0.4) is 0 Å². The van der Waals surface area contributed by atoms with Gasteiger partial charge in [0.2, 0.25) is 23.6 Å². The van der Waals surface area contributed by atoms with Crippen molar-refractivity contribution in [1.82, 2.24) is 20.4 Å². The standard InChI is InChI=1S/C46H60FN7O10/c1-45(2,3)37(50-43(61)63-7)41(59)53-23-21-33(55)35(53)39(57)48-30-15-9-27(10-16-30)25-52(32-19-13-29(47)14-20-32)26-28-11-17-31(18-12-28)49-40(58)36-34(56)22-24-54(36)42(60)38(46(4,5)6)51-44(62)64-8/h9-20,33-38,55-56H,21-26H2,1-8H3,(H,48,57)(H,49,58)(H,50,61)(H,51,62)/t33-,34-,35-,36-,37+,38+/m0/s1. The number of ether oxygens (including phenoxy) is 2. The van der Waals surface area contributed by atoms with E-state index in [1.165, 1.54) is 36.2 Å². The van der Waals surface area contributed by atoms with E-state index in [1.54, 1.807) is 77.9 Å². The molecule has 2 aliphatic rings. The number of carbonyl (C=O) groups excluding carboxylic acids is 6. The summed E-state index contributed by atoms with van der Waals surface area (Å²) in [5.74, 6) is -2.60. The summed E-state index contributed by atoms with van der Waals surface area (Å²) in [6.07, 6.45) is -3.47. The van der Waals surface area contributed by atoms with Crippen LogP contribution >= 0.6 is 0 Å². The first-order chi connectivity index (χ1) is 30.1. The zero-order valence-electron chi connectivity index (χ0n) is 37.5. The molecule has 0 radical (unpaired) electrons. The van der Waals surface area contributed by atoms with Gasteiger partial charge in [0.1, 0.15) is 30.0 Å². The molecule has 0 saturated carbocycles. The van der Waals surface area contributed by atoms with E-state index < -0.39 is 88.8 Å². The van der Waals surface area contributed by atoms with Crippen LogP contribution in [-0.2, 0) is 41.7 Å². The minimum atomic E-state index is -1.19. The number of alkyl carbamates (subject to hydrolysis) is 2. The number of aliphatic hydroxyl groups excluding tert-OH is 2. The van der Waals surface area contributed by atoms with Crippen LogP contribution in [0.25, 0.3) is 0 Å². The van der Waals surface area contributed by atoms with Gasteiger partial charge >= 0.3 is 12.2 Å². The fourth-order valence-corrected chi connectivity index (χ4v) is 7.81. The molecule has 0 aliphatic carbocycles. The van der Waals surface area contributed by atoms with Crippen LogP contribution < -0.4 is 26.2 Å². The second kappa shape index (κ2) is 20.5. The fraction of sp³-hybridized carbons (Fsp3) is 0.478. The number of rotatable bonds is 13. The van der Waals surface area contributed by atoms with Gasteiger partial charge in [-0.3, -0.25) is 19.2 Å². The van der Waals surface area contributed by atoms with E-state index in [0.29, 0.717) is 24.5 Å². The molecule has 346 valence electrons. The van der Waals surface area contributed by atoms with Crippen molar-refractivity contribution in [2.75, 3.05) is 42.8 Å². The van der Waals surface area contributed by atoms with E-state index >= 15 is 0 Å². The van der Waals surface area contributed by atoms with Crippen molar-refractivity contribution in [3.05, 3.63) is 89.7 Å². The highest BCUT2D eigenvalue weighted by molar-refractivity contribution is 6.00. The van der Waals surface area contributed by atoms with E-state index in [9.17, 15) is 43.4 Å². The minimum absolute atomic E-state index is 0.117. The Balaban J connectivity index is 1.26. The highest BCUT2D eigenvalue weighted by Gasteiger charge is 2.47. The largest absolute Gasteiger partial charge is 0.453 e. The summed E-state index contributed by atoms with van der Waals surface area (Å²) >= 11 is 0. The number of nitrogens with one attached hydrogen (secondary N) is 4. The van der Waals surface area contributed by atoms with E-state index in [0.717, 1.165) is 16.8 Å². The Morgan fingerprint density at radius 1 is 0.641 bits per heavy atom. The molecule has 3 aromatic rings. The average Bonchev–Trinajstić information content (AvgIpc) is 3.83. The quantitative estimate of drug-likeness (QED) is 0.142. The summed E-state index contributed by atoms with van der Waals surface area (Å²) in [7, 11) is 2.38. The third-order valence-electron chi connectivity index (χ3n) is 11.3. The van der Waals surface area contributed by atoms with Crippen LogP contribution in [0.15, 0.2) is 72.8 Å². The van der Waals surface area contributed by atoms with Gasteiger partial charge in [0.05, 0.1) is 26.4 Å². The summed E-state index contributed by atoms with van der Waals surface area (Å²) in [5.41, 5.74) is 1.81. The summed E-state index contributed by atoms with van der Waals surface area (Å²) < 4.78 is 23.4. The molecule has 64 heavy (non-hydrogen) atoms. The van der Waals surface area contributed by atoms with Crippen molar-refractivity contribution < 1.29 is 52.8 Å². The van der Waals surface area contributed by atoms with Crippen LogP contribution in [0.2, 0.25) is 0 Å². The molecule has 0 unspecified atom stereocenters. The van der Waals surface area contributed by atoms with E-state index in [2.05, 4.69) is 21.3 Å². The Labute approximate surface area is 372 Å². The summed E-state index contributed by atoms with van der Waals surface area (Å²) in [5, 5.41) is 32.4. The van der Waals surface area contributed by atoms with Gasteiger partial charge in [-0.1, -0.05) is 65.8 Å². The van der Waals surface area contributed by atoms with E-state index in [-0.39, 0.29) is 25.9 Å². The number of benzene rings is 3. The predicted octanol–water partition coefficient (Wildman–Crippen LogP) is 4.37. The molecule has 0 bridgehead atoms. The SMILES string of the molecule is COC(=O)N[C@H](C(=O)N1CC[C@H](O)[C@H]1C(=O)Nc1ccc(CN(Cc2ccc(NC(=O)[C@@H]3[C@@H](O)CCN3C(=O)[C@@H](NC(=O)OC)C(C)(C)C)cc2)c2ccc(F)cc2)cc1)C(C)(C)C. The normalized spacial score (nSPS) is 19.5. The molecule has 0 spiro atoms.